The van der Waals surface area contributed by atoms with Crippen molar-refractivity contribution in [2.75, 3.05) is 36.5 Å². The van der Waals surface area contributed by atoms with E-state index in [-0.39, 0.29) is 5.91 Å². The van der Waals surface area contributed by atoms with E-state index in [4.69, 9.17) is 4.74 Å². The van der Waals surface area contributed by atoms with E-state index in [0.29, 0.717) is 18.8 Å². The van der Waals surface area contributed by atoms with Gasteiger partial charge in [-0.1, -0.05) is 12.1 Å². The van der Waals surface area contributed by atoms with E-state index >= 15 is 0 Å². The fourth-order valence-corrected chi connectivity index (χ4v) is 2.52. The average molecular weight is 297 g/mol. The number of hydrogen-bond donors (Lipinski definition) is 1. The van der Waals surface area contributed by atoms with Crippen LogP contribution < -0.4 is 10.2 Å². The number of rotatable bonds is 3. The van der Waals surface area contributed by atoms with Gasteiger partial charge < -0.3 is 15.0 Å². The number of nitrogens with zero attached hydrogens (tertiary/aromatic N) is 2. The van der Waals surface area contributed by atoms with Crippen LogP contribution in [0, 0.1) is 6.92 Å². The summed E-state index contributed by atoms with van der Waals surface area (Å²) in [5, 5.41) is 2.94. The van der Waals surface area contributed by atoms with Gasteiger partial charge in [-0.2, -0.15) is 0 Å². The zero-order valence-corrected chi connectivity index (χ0v) is 12.6. The fraction of sp³-hybridized carbons (Fsp3) is 0.294. The Morgan fingerprint density at radius 1 is 1.23 bits per heavy atom. The van der Waals surface area contributed by atoms with E-state index in [9.17, 15) is 4.79 Å². The summed E-state index contributed by atoms with van der Waals surface area (Å²) in [5.41, 5.74) is 2.49. The lowest BCUT2D eigenvalue weighted by Gasteiger charge is -2.29. The van der Waals surface area contributed by atoms with E-state index in [2.05, 4.69) is 15.2 Å². The van der Waals surface area contributed by atoms with Crippen molar-refractivity contribution in [1.82, 2.24) is 4.98 Å². The van der Waals surface area contributed by atoms with E-state index in [1.807, 2.05) is 37.3 Å². The van der Waals surface area contributed by atoms with E-state index in [1.54, 1.807) is 12.3 Å². The summed E-state index contributed by atoms with van der Waals surface area (Å²) in [6.07, 6.45) is 1.72. The molecule has 1 aromatic carbocycles. The second-order valence-electron chi connectivity index (χ2n) is 5.30. The monoisotopic (exact) mass is 297 g/mol. The van der Waals surface area contributed by atoms with Gasteiger partial charge in [0.15, 0.2) is 0 Å². The van der Waals surface area contributed by atoms with Gasteiger partial charge >= 0.3 is 0 Å². The highest BCUT2D eigenvalue weighted by Crippen LogP contribution is 2.20. The van der Waals surface area contributed by atoms with Gasteiger partial charge in [0.1, 0.15) is 5.82 Å². The maximum absolute atomic E-state index is 12.6. The molecular formula is C17H19N3O2. The smallest absolute Gasteiger partial charge is 0.259 e. The maximum Gasteiger partial charge on any atom is 0.259 e. The van der Waals surface area contributed by atoms with Gasteiger partial charge in [0.05, 0.1) is 18.8 Å². The summed E-state index contributed by atoms with van der Waals surface area (Å²) in [6.45, 7) is 4.83. The van der Waals surface area contributed by atoms with Gasteiger partial charge in [0.2, 0.25) is 0 Å². The number of aromatic nitrogens is 1. The molecule has 1 amide bonds. The van der Waals surface area contributed by atoms with Crippen LogP contribution in [-0.2, 0) is 4.74 Å². The zero-order chi connectivity index (χ0) is 15.4. The molecule has 0 radical (unpaired) electrons. The summed E-state index contributed by atoms with van der Waals surface area (Å²) in [7, 11) is 0. The Morgan fingerprint density at radius 3 is 2.82 bits per heavy atom. The van der Waals surface area contributed by atoms with Crippen LogP contribution >= 0.6 is 0 Å². The molecule has 0 unspecified atom stereocenters. The molecule has 0 atom stereocenters. The summed E-state index contributed by atoms with van der Waals surface area (Å²) in [4.78, 5) is 19.1. The molecule has 5 heteroatoms. The number of morpholine rings is 1. The molecule has 1 aromatic heterocycles. The molecule has 0 aliphatic carbocycles. The second-order valence-corrected chi connectivity index (χ2v) is 5.30. The number of carbonyl (C=O) groups excluding carboxylic acids is 1. The standard InChI is InChI=1S/C17H19N3O2/c1-13-4-2-5-14(12-13)19-17(21)15-6-3-7-18-16(15)20-8-10-22-11-9-20/h2-7,12H,8-11H2,1H3,(H,19,21). The van der Waals surface area contributed by atoms with Crippen LogP contribution in [0.5, 0.6) is 0 Å². The molecule has 0 saturated carbocycles. The number of benzene rings is 1. The number of aryl methyl sites for hydroxylation is 1. The van der Waals surface area contributed by atoms with Gasteiger partial charge in [-0.3, -0.25) is 4.79 Å². The van der Waals surface area contributed by atoms with Crippen LogP contribution in [0.25, 0.3) is 0 Å². The Bertz CT molecular complexity index is 666. The molecule has 22 heavy (non-hydrogen) atoms. The molecule has 1 aliphatic heterocycles. The van der Waals surface area contributed by atoms with Gasteiger partial charge in [-0.05, 0) is 36.8 Å². The number of pyridine rings is 1. The molecular weight excluding hydrogens is 278 g/mol. The third-order valence-corrected chi connectivity index (χ3v) is 3.62. The minimum absolute atomic E-state index is 0.139. The molecule has 1 aliphatic rings. The molecule has 1 fully saturated rings. The van der Waals surface area contributed by atoms with Crippen LogP contribution in [0.4, 0.5) is 11.5 Å². The molecule has 114 valence electrons. The minimum Gasteiger partial charge on any atom is -0.378 e. The Balaban J connectivity index is 1.83. The van der Waals surface area contributed by atoms with Gasteiger partial charge in [-0.25, -0.2) is 4.98 Å². The summed E-state index contributed by atoms with van der Waals surface area (Å²) in [6, 6.07) is 11.4. The molecule has 1 N–H and O–H groups in total. The first-order valence-electron chi connectivity index (χ1n) is 7.40. The second kappa shape index (κ2) is 6.58. The maximum atomic E-state index is 12.6. The molecule has 3 rings (SSSR count). The van der Waals surface area contributed by atoms with E-state index in [0.717, 1.165) is 30.2 Å². The molecule has 1 saturated heterocycles. The summed E-state index contributed by atoms with van der Waals surface area (Å²) in [5.74, 6) is 0.580. The SMILES string of the molecule is Cc1cccc(NC(=O)c2cccnc2N2CCOCC2)c1. The quantitative estimate of drug-likeness (QED) is 0.945. The lowest BCUT2D eigenvalue weighted by molar-refractivity contribution is 0.102. The first-order valence-corrected chi connectivity index (χ1v) is 7.40. The van der Waals surface area contributed by atoms with Gasteiger partial charge in [0.25, 0.3) is 5.91 Å². The van der Waals surface area contributed by atoms with Crippen LogP contribution in [-0.4, -0.2) is 37.2 Å². The zero-order valence-electron chi connectivity index (χ0n) is 12.6. The number of carbonyl (C=O) groups is 1. The first kappa shape index (κ1) is 14.5. The highest BCUT2D eigenvalue weighted by molar-refractivity contribution is 6.07. The largest absolute Gasteiger partial charge is 0.378 e. The molecule has 2 heterocycles. The van der Waals surface area contributed by atoms with Crippen LogP contribution in [0.3, 0.4) is 0 Å². The van der Waals surface area contributed by atoms with E-state index in [1.165, 1.54) is 0 Å². The molecule has 5 nitrogen and oxygen atoms in total. The van der Waals surface area contributed by atoms with Gasteiger partial charge in [0, 0.05) is 25.0 Å². The Morgan fingerprint density at radius 2 is 2.05 bits per heavy atom. The van der Waals surface area contributed by atoms with E-state index < -0.39 is 0 Å². The Labute approximate surface area is 129 Å². The third-order valence-electron chi connectivity index (χ3n) is 3.62. The highest BCUT2D eigenvalue weighted by atomic mass is 16.5. The lowest BCUT2D eigenvalue weighted by atomic mass is 10.2. The van der Waals surface area contributed by atoms with Crippen molar-refractivity contribution in [3.05, 3.63) is 53.7 Å². The van der Waals surface area contributed by atoms with Crippen molar-refractivity contribution in [3.63, 3.8) is 0 Å². The molecule has 2 aromatic rings. The summed E-state index contributed by atoms with van der Waals surface area (Å²) < 4.78 is 5.36. The van der Waals surface area contributed by atoms with Crippen molar-refractivity contribution in [2.45, 2.75) is 6.92 Å². The van der Waals surface area contributed by atoms with Crippen molar-refractivity contribution in [2.24, 2.45) is 0 Å². The number of anilines is 2. The minimum atomic E-state index is -0.139. The van der Waals surface area contributed by atoms with Gasteiger partial charge in [-0.15, -0.1) is 0 Å². The fourth-order valence-electron chi connectivity index (χ4n) is 2.52. The van der Waals surface area contributed by atoms with Crippen molar-refractivity contribution < 1.29 is 9.53 Å². The summed E-state index contributed by atoms with van der Waals surface area (Å²) >= 11 is 0. The Hall–Kier alpha value is -2.40. The number of amides is 1. The number of nitrogens with one attached hydrogen (secondary N) is 1. The average Bonchev–Trinajstić information content (AvgIpc) is 2.56. The number of hydrogen-bond acceptors (Lipinski definition) is 4. The van der Waals surface area contributed by atoms with Crippen molar-refractivity contribution in [3.8, 4) is 0 Å². The normalized spacial score (nSPS) is 14.7. The predicted octanol–water partition coefficient (Wildman–Crippen LogP) is 2.48. The number of ether oxygens (including phenoxy) is 1. The van der Waals surface area contributed by atoms with Crippen molar-refractivity contribution >= 4 is 17.4 Å². The predicted molar refractivity (Wildman–Crippen MR) is 86.4 cm³/mol. The van der Waals surface area contributed by atoms with Crippen molar-refractivity contribution in [1.29, 1.82) is 0 Å². The van der Waals surface area contributed by atoms with Crippen LogP contribution in [0.1, 0.15) is 15.9 Å². The molecule has 0 spiro atoms. The Kier molecular flexibility index (Phi) is 4.34. The third kappa shape index (κ3) is 3.26. The van der Waals surface area contributed by atoms with Crippen LogP contribution in [0.15, 0.2) is 42.6 Å². The highest BCUT2D eigenvalue weighted by Gasteiger charge is 2.19. The topological polar surface area (TPSA) is 54.5 Å². The van der Waals surface area contributed by atoms with Crippen LogP contribution in [0.2, 0.25) is 0 Å². The first-order chi connectivity index (χ1) is 10.7. The molecule has 0 bridgehead atoms. The lowest BCUT2D eigenvalue weighted by Crippen LogP contribution is -2.38.